The van der Waals surface area contributed by atoms with Crippen LogP contribution < -0.4 is 4.90 Å². The number of pyridine rings is 1. The summed E-state index contributed by atoms with van der Waals surface area (Å²) in [5.74, 6) is 1.03. The van der Waals surface area contributed by atoms with Crippen LogP contribution in [0, 0.1) is 17.2 Å². The number of aliphatic hydroxyl groups excluding tert-OH is 1. The summed E-state index contributed by atoms with van der Waals surface area (Å²) in [6.45, 7) is 1.84. The van der Waals surface area contributed by atoms with E-state index in [1.165, 1.54) is 0 Å². The molecule has 1 unspecified atom stereocenters. The molecule has 0 aliphatic carbocycles. The van der Waals surface area contributed by atoms with Crippen LogP contribution in [-0.2, 0) is 0 Å². The van der Waals surface area contributed by atoms with Crippen LogP contribution in [-0.4, -0.2) is 29.8 Å². The van der Waals surface area contributed by atoms with Crippen molar-refractivity contribution < 1.29 is 5.11 Å². The Morgan fingerprint density at radius 2 is 2.50 bits per heavy atom. The average molecular weight is 282 g/mol. The maximum Gasteiger partial charge on any atom is 0.146 e. The maximum atomic E-state index is 9.08. The number of hydrogen-bond acceptors (Lipinski definition) is 4. The predicted octanol–water partition coefficient (Wildman–Crippen LogP) is 1.53. The molecule has 1 aromatic rings. The molecule has 4 nitrogen and oxygen atoms in total. The minimum Gasteiger partial charge on any atom is -0.396 e. The van der Waals surface area contributed by atoms with Gasteiger partial charge in [0.25, 0.3) is 0 Å². The highest BCUT2D eigenvalue weighted by Crippen LogP contribution is 2.26. The van der Waals surface area contributed by atoms with Crippen molar-refractivity contribution >= 4 is 21.7 Å². The Kier molecular flexibility index (Phi) is 3.42. The standard InChI is InChI=1S/C11H12BrN3O/c12-10-3-9(4-13)11(14-5-10)15-2-1-8(6-15)7-16/h3,5,8,16H,1-2,6-7H2. The summed E-state index contributed by atoms with van der Waals surface area (Å²) in [7, 11) is 0. The first-order chi connectivity index (χ1) is 7.74. The highest BCUT2D eigenvalue weighted by atomic mass is 79.9. The van der Waals surface area contributed by atoms with E-state index in [0.29, 0.717) is 11.5 Å². The summed E-state index contributed by atoms with van der Waals surface area (Å²) < 4.78 is 0.811. The van der Waals surface area contributed by atoms with Crippen LogP contribution in [0.3, 0.4) is 0 Å². The number of aliphatic hydroxyl groups is 1. The van der Waals surface area contributed by atoms with E-state index < -0.39 is 0 Å². The summed E-state index contributed by atoms with van der Waals surface area (Å²) in [4.78, 5) is 6.34. The van der Waals surface area contributed by atoms with Gasteiger partial charge in [0.05, 0.1) is 5.56 Å². The molecule has 16 heavy (non-hydrogen) atoms. The van der Waals surface area contributed by atoms with E-state index in [1.807, 2.05) is 0 Å². The summed E-state index contributed by atoms with van der Waals surface area (Å²) in [6.07, 6.45) is 2.65. The summed E-state index contributed by atoms with van der Waals surface area (Å²) >= 11 is 3.30. The van der Waals surface area contributed by atoms with Gasteiger partial charge in [-0.05, 0) is 28.4 Å². The minimum absolute atomic E-state index is 0.203. The Labute approximate surface area is 103 Å². The van der Waals surface area contributed by atoms with Crippen molar-refractivity contribution in [3.05, 3.63) is 22.3 Å². The Bertz CT molecular complexity index is 430. The van der Waals surface area contributed by atoms with Gasteiger partial charge >= 0.3 is 0 Å². The number of aromatic nitrogens is 1. The molecule has 1 atom stereocenters. The van der Waals surface area contributed by atoms with E-state index in [2.05, 4.69) is 31.9 Å². The molecule has 1 aromatic heterocycles. The van der Waals surface area contributed by atoms with Gasteiger partial charge in [-0.25, -0.2) is 4.98 Å². The molecule has 1 N–H and O–H groups in total. The van der Waals surface area contributed by atoms with Gasteiger partial charge in [0.1, 0.15) is 11.9 Å². The zero-order valence-electron chi connectivity index (χ0n) is 8.73. The zero-order valence-corrected chi connectivity index (χ0v) is 10.3. The van der Waals surface area contributed by atoms with Crippen molar-refractivity contribution in [2.45, 2.75) is 6.42 Å². The molecule has 0 amide bonds. The quantitative estimate of drug-likeness (QED) is 0.893. The van der Waals surface area contributed by atoms with E-state index in [1.54, 1.807) is 12.3 Å². The molecule has 0 spiro atoms. The smallest absolute Gasteiger partial charge is 0.146 e. The largest absolute Gasteiger partial charge is 0.396 e. The van der Waals surface area contributed by atoms with Crippen molar-refractivity contribution in [3.63, 3.8) is 0 Å². The SMILES string of the molecule is N#Cc1cc(Br)cnc1N1CCC(CO)C1. The van der Waals surface area contributed by atoms with E-state index in [0.717, 1.165) is 29.8 Å². The molecule has 1 aliphatic rings. The number of halogens is 1. The number of rotatable bonds is 2. The highest BCUT2D eigenvalue weighted by molar-refractivity contribution is 9.10. The van der Waals surface area contributed by atoms with E-state index in [9.17, 15) is 0 Å². The lowest BCUT2D eigenvalue weighted by molar-refractivity contribution is 0.238. The molecular weight excluding hydrogens is 270 g/mol. The molecule has 0 bridgehead atoms. The van der Waals surface area contributed by atoms with Crippen molar-refractivity contribution in [2.75, 3.05) is 24.6 Å². The monoisotopic (exact) mass is 281 g/mol. The van der Waals surface area contributed by atoms with Crippen LogP contribution in [0.15, 0.2) is 16.7 Å². The van der Waals surface area contributed by atoms with Crippen molar-refractivity contribution in [2.24, 2.45) is 5.92 Å². The first-order valence-electron chi connectivity index (χ1n) is 5.16. The molecule has 5 heteroatoms. The molecule has 2 rings (SSSR count). The van der Waals surface area contributed by atoms with Gasteiger partial charge in [0.15, 0.2) is 0 Å². The third kappa shape index (κ3) is 2.18. The fourth-order valence-electron chi connectivity index (χ4n) is 1.94. The van der Waals surface area contributed by atoms with Crippen molar-refractivity contribution in [1.82, 2.24) is 4.98 Å². The van der Waals surface area contributed by atoms with Crippen LogP contribution >= 0.6 is 15.9 Å². The number of anilines is 1. The van der Waals surface area contributed by atoms with Crippen molar-refractivity contribution in [1.29, 1.82) is 5.26 Å². The van der Waals surface area contributed by atoms with Crippen LogP contribution in [0.2, 0.25) is 0 Å². The van der Waals surface area contributed by atoms with Gasteiger partial charge in [-0.2, -0.15) is 5.26 Å². The number of hydrogen-bond donors (Lipinski definition) is 1. The fraction of sp³-hybridized carbons (Fsp3) is 0.455. The van der Waals surface area contributed by atoms with Gasteiger partial charge < -0.3 is 10.0 Å². The Balaban J connectivity index is 2.25. The molecule has 1 fully saturated rings. The third-order valence-electron chi connectivity index (χ3n) is 2.80. The Morgan fingerprint density at radius 3 is 3.12 bits per heavy atom. The van der Waals surface area contributed by atoms with Gasteiger partial charge in [-0.15, -0.1) is 0 Å². The lowest BCUT2D eigenvalue weighted by Crippen LogP contribution is -2.22. The van der Waals surface area contributed by atoms with Gasteiger partial charge in [-0.3, -0.25) is 0 Å². The fourth-order valence-corrected chi connectivity index (χ4v) is 2.27. The van der Waals surface area contributed by atoms with E-state index in [4.69, 9.17) is 10.4 Å². The minimum atomic E-state index is 0.203. The molecule has 1 aliphatic heterocycles. The predicted molar refractivity (Wildman–Crippen MR) is 64.1 cm³/mol. The second kappa shape index (κ2) is 4.81. The van der Waals surface area contributed by atoms with Crippen LogP contribution in [0.25, 0.3) is 0 Å². The summed E-state index contributed by atoms with van der Waals surface area (Å²) in [5.41, 5.74) is 0.577. The van der Waals surface area contributed by atoms with Gasteiger partial charge in [-0.1, -0.05) is 0 Å². The maximum absolute atomic E-state index is 9.08. The Hall–Kier alpha value is -1.12. The lowest BCUT2D eigenvalue weighted by atomic mass is 10.1. The average Bonchev–Trinajstić information content (AvgIpc) is 2.77. The molecule has 0 aromatic carbocycles. The molecule has 1 saturated heterocycles. The number of nitriles is 1. The lowest BCUT2D eigenvalue weighted by Gasteiger charge is -2.18. The normalized spacial score (nSPS) is 19.8. The van der Waals surface area contributed by atoms with Crippen LogP contribution in [0.4, 0.5) is 5.82 Å². The molecule has 2 heterocycles. The molecular formula is C11H12BrN3O. The summed E-state index contributed by atoms with van der Waals surface area (Å²) in [6, 6.07) is 3.92. The molecule has 84 valence electrons. The summed E-state index contributed by atoms with van der Waals surface area (Å²) in [5, 5.41) is 18.1. The molecule has 0 radical (unpaired) electrons. The van der Waals surface area contributed by atoms with Crippen molar-refractivity contribution in [3.8, 4) is 6.07 Å². The first kappa shape index (κ1) is 11.4. The topological polar surface area (TPSA) is 60.2 Å². The first-order valence-corrected chi connectivity index (χ1v) is 5.95. The van der Waals surface area contributed by atoms with Gasteiger partial charge in [0.2, 0.25) is 0 Å². The number of nitrogens with zero attached hydrogens (tertiary/aromatic N) is 3. The van der Waals surface area contributed by atoms with E-state index >= 15 is 0 Å². The second-order valence-electron chi connectivity index (χ2n) is 3.92. The van der Waals surface area contributed by atoms with Gasteiger partial charge in [0, 0.05) is 36.3 Å². The van der Waals surface area contributed by atoms with E-state index in [-0.39, 0.29) is 6.61 Å². The zero-order chi connectivity index (χ0) is 11.5. The highest BCUT2D eigenvalue weighted by Gasteiger charge is 2.24. The second-order valence-corrected chi connectivity index (χ2v) is 4.84. The van der Waals surface area contributed by atoms with Crippen LogP contribution in [0.5, 0.6) is 0 Å². The third-order valence-corrected chi connectivity index (χ3v) is 3.23. The van der Waals surface area contributed by atoms with Crippen LogP contribution in [0.1, 0.15) is 12.0 Å². The Morgan fingerprint density at radius 1 is 1.69 bits per heavy atom. The molecule has 0 saturated carbocycles.